The molecule has 0 fully saturated rings. The molecule has 0 spiro atoms. The van der Waals surface area contributed by atoms with Gasteiger partial charge in [-0.3, -0.25) is 19.4 Å². The van der Waals surface area contributed by atoms with Gasteiger partial charge in [-0.05, 0) is 18.2 Å². The Balaban J connectivity index is 1.68. The number of sulfonamides is 1. The Bertz CT molecular complexity index is 1310. The zero-order chi connectivity index (χ0) is 20.8. The van der Waals surface area contributed by atoms with Crippen LogP contribution in [-0.4, -0.2) is 37.9 Å². The summed E-state index contributed by atoms with van der Waals surface area (Å²) in [6, 6.07) is 3.54. The maximum Gasteiger partial charge on any atom is 0.433 e. The van der Waals surface area contributed by atoms with Crippen LogP contribution in [0.3, 0.4) is 0 Å². The van der Waals surface area contributed by atoms with Crippen LogP contribution in [0.5, 0.6) is 0 Å². The van der Waals surface area contributed by atoms with Gasteiger partial charge >= 0.3 is 6.18 Å². The molecule has 0 aliphatic heterocycles. The van der Waals surface area contributed by atoms with Crippen molar-refractivity contribution < 1.29 is 21.6 Å². The Labute approximate surface area is 161 Å². The van der Waals surface area contributed by atoms with Gasteiger partial charge in [0.2, 0.25) is 0 Å². The molecule has 29 heavy (non-hydrogen) atoms. The lowest BCUT2D eigenvalue weighted by Crippen LogP contribution is -2.13. The topological polar surface area (TPSA) is 108 Å². The average Bonchev–Trinajstić information content (AvgIpc) is 3.30. The van der Waals surface area contributed by atoms with Crippen molar-refractivity contribution >= 4 is 26.7 Å². The van der Waals surface area contributed by atoms with Crippen LogP contribution in [0, 0.1) is 0 Å². The lowest BCUT2D eigenvalue weighted by Gasteiger charge is -2.08. The van der Waals surface area contributed by atoms with Crippen molar-refractivity contribution in [3.63, 3.8) is 0 Å². The zero-order valence-electron chi connectivity index (χ0n) is 14.7. The third kappa shape index (κ3) is 3.51. The molecule has 0 aliphatic carbocycles. The smallest absolute Gasteiger partial charge is 0.277 e. The second-order valence-corrected chi connectivity index (χ2v) is 7.67. The van der Waals surface area contributed by atoms with Gasteiger partial charge in [-0.1, -0.05) is 0 Å². The summed E-state index contributed by atoms with van der Waals surface area (Å²) >= 11 is 0. The zero-order valence-corrected chi connectivity index (χ0v) is 15.5. The number of aromatic nitrogens is 6. The van der Waals surface area contributed by atoms with Crippen LogP contribution >= 0.6 is 0 Å². The van der Waals surface area contributed by atoms with E-state index in [0.717, 1.165) is 29.3 Å². The molecular formula is C16H12F3N7O2S. The maximum atomic E-state index is 12.8. The molecule has 0 atom stereocenters. The van der Waals surface area contributed by atoms with Gasteiger partial charge in [0.25, 0.3) is 10.0 Å². The van der Waals surface area contributed by atoms with Crippen LogP contribution in [-0.2, 0) is 23.2 Å². The summed E-state index contributed by atoms with van der Waals surface area (Å²) in [7, 11) is -2.42. The molecule has 4 heterocycles. The first-order valence-electron chi connectivity index (χ1n) is 8.03. The largest absolute Gasteiger partial charge is 0.433 e. The van der Waals surface area contributed by atoms with Gasteiger partial charge in [-0.2, -0.15) is 23.4 Å². The van der Waals surface area contributed by atoms with Crippen LogP contribution in [0.2, 0.25) is 0 Å². The molecule has 1 N–H and O–H groups in total. The Morgan fingerprint density at radius 3 is 2.59 bits per heavy atom. The van der Waals surface area contributed by atoms with Crippen molar-refractivity contribution in [3.8, 4) is 5.69 Å². The highest BCUT2D eigenvalue weighted by atomic mass is 32.2. The van der Waals surface area contributed by atoms with Gasteiger partial charge in [0.05, 0.1) is 30.0 Å². The van der Waals surface area contributed by atoms with E-state index in [2.05, 4.69) is 24.9 Å². The predicted molar refractivity (Wildman–Crippen MR) is 95.7 cm³/mol. The molecule has 0 unspecified atom stereocenters. The van der Waals surface area contributed by atoms with E-state index in [1.807, 2.05) is 0 Å². The van der Waals surface area contributed by atoms with Crippen molar-refractivity contribution in [2.75, 3.05) is 4.72 Å². The van der Waals surface area contributed by atoms with E-state index in [1.54, 1.807) is 7.05 Å². The van der Waals surface area contributed by atoms with Crippen molar-refractivity contribution in [3.05, 3.63) is 54.9 Å². The van der Waals surface area contributed by atoms with Crippen LogP contribution in [0.1, 0.15) is 5.69 Å². The molecule has 0 amide bonds. The molecule has 4 aromatic rings. The first-order valence-corrected chi connectivity index (χ1v) is 9.51. The molecule has 9 nitrogen and oxygen atoms in total. The van der Waals surface area contributed by atoms with Gasteiger partial charge in [-0.25, -0.2) is 13.1 Å². The second-order valence-electron chi connectivity index (χ2n) is 5.98. The number of aryl methyl sites for hydroxylation is 1. The van der Waals surface area contributed by atoms with Gasteiger partial charge in [-0.15, -0.1) is 0 Å². The Morgan fingerprint density at radius 1 is 1.07 bits per heavy atom. The summed E-state index contributed by atoms with van der Waals surface area (Å²) in [5, 5.41) is 7.90. The summed E-state index contributed by atoms with van der Waals surface area (Å²) in [5.74, 6) is 0. The quantitative estimate of drug-likeness (QED) is 0.540. The van der Waals surface area contributed by atoms with Gasteiger partial charge < -0.3 is 0 Å². The minimum absolute atomic E-state index is 0.0201. The molecule has 0 aromatic carbocycles. The van der Waals surface area contributed by atoms with Crippen LogP contribution < -0.4 is 4.72 Å². The Morgan fingerprint density at radius 2 is 1.83 bits per heavy atom. The maximum absolute atomic E-state index is 12.8. The van der Waals surface area contributed by atoms with Gasteiger partial charge in [0.1, 0.15) is 21.6 Å². The Hall–Kier alpha value is -3.48. The number of hydrogen-bond acceptors (Lipinski definition) is 6. The molecule has 0 radical (unpaired) electrons. The second kappa shape index (κ2) is 6.55. The Kier molecular flexibility index (Phi) is 4.26. The van der Waals surface area contributed by atoms with Crippen LogP contribution in [0.15, 0.2) is 54.1 Å². The number of pyridine rings is 2. The van der Waals surface area contributed by atoms with Crippen molar-refractivity contribution in [1.82, 2.24) is 29.5 Å². The normalized spacial score (nSPS) is 12.4. The van der Waals surface area contributed by atoms with E-state index in [1.165, 1.54) is 29.2 Å². The van der Waals surface area contributed by atoms with Crippen molar-refractivity contribution in [2.24, 2.45) is 7.05 Å². The fourth-order valence-corrected chi connectivity index (χ4v) is 3.69. The summed E-state index contributed by atoms with van der Waals surface area (Å²) < 4.78 is 68.9. The molecule has 13 heteroatoms. The van der Waals surface area contributed by atoms with E-state index < -0.39 is 21.9 Å². The predicted octanol–water partition coefficient (Wildman–Crippen LogP) is 2.37. The SMILES string of the molecule is Cn1ncc2nccc(NS(=O)(=O)c3cnn(-c4ccnc(C(F)(F)F)c4)c3)c21. The monoisotopic (exact) mass is 423 g/mol. The van der Waals surface area contributed by atoms with E-state index in [0.29, 0.717) is 11.0 Å². The highest BCUT2D eigenvalue weighted by Gasteiger charge is 2.32. The summed E-state index contributed by atoms with van der Waals surface area (Å²) in [5.41, 5.74) is 0.147. The van der Waals surface area contributed by atoms with Crippen LogP contribution in [0.25, 0.3) is 16.7 Å². The first kappa shape index (κ1) is 18.9. The summed E-state index contributed by atoms with van der Waals surface area (Å²) in [6.07, 6.45) is 1.42. The van der Waals surface area contributed by atoms with E-state index in [9.17, 15) is 21.6 Å². The van der Waals surface area contributed by atoms with Gasteiger partial charge in [0, 0.05) is 19.4 Å². The third-order valence-electron chi connectivity index (χ3n) is 4.04. The standard InChI is InChI=1S/C16H12F3N7O2S/c1-25-15-12(3-5-20-13(15)8-22-25)24-29(27,28)11-7-23-26(9-11)10-2-4-21-14(6-10)16(17,18)19/h2-9H,1H3,(H,20,24). The molecule has 150 valence electrons. The number of fused-ring (bicyclic) bond motifs is 1. The molecule has 4 aromatic heterocycles. The van der Waals surface area contributed by atoms with Crippen LogP contribution in [0.4, 0.5) is 18.9 Å². The minimum Gasteiger partial charge on any atom is -0.277 e. The lowest BCUT2D eigenvalue weighted by molar-refractivity contribution is -0.141. The minimum atomic E-state index is -4.63. The average molecular weight is 423 g/mol. The molecule has 4 rings (SSSR count). The first-order chi connectivity index (χ1) is 13.6. The fourth-order valence-electron chi connectivity index (χ4n) is 2.69. The number of hydrogen-bond donors (Lipinski definition) is 1. The van der Waals surface area contributed by atoms with E-state index in [-0.39, 0.29) is 16.3 Å². The fraction of sp³-hybridized carbons (Fsp3) is 0.125. The number of rotatable bonds is 4. The number of alkyl halides is 3. The number of anilines is 1. The molecule has 0 saturated heterocycles. The molecule has 0 saturated carbocycles. The van der Waals surface area contributed by atoms with E-state index >= 15 is 0 Å². The molecular weight excluding hydrogens is 411 g/mol. The third-order valence-corrected chi connectivity index (χ3v) is 5.36. The van der Waals surface area contributed by atoms with Crippen molar-refractivity contribution in [2.45, 2.75) is 11.1 Å². The number of halogens is 3. The summed E-state index contributed by atoms with van der Waals surface area (Å²) in [4.78, 5) is 7.15. The highest BCUT2D eigenvalue weighted by Crippen LogP contribution is 2.29. The molecule has 0 aliphatic rings. The number of nitrogens with zero attached hydrogens (tertiary/aromatic N) is 6. The van der Waals surface area contributed by atoms with Crippen molar-refractivity contribution in [1.29, 1.82) is 0 Å². The molecule has 0 bridgehead atoms. The van der Waals surface area contributed by atoms with Gasteiger partial charge in [0.15, 0.2) is 0 Å². The highest BCUT2D eigenvalue weighted by molar-refractivity contribution is 7.92. The number of nitrogens with one attached hydrogen (secondary N) is 1. The van der Waals surface area contributed by atoms with E-state index in [4.69, 9.17) is 0 Å². The summed E-state index contributed by atoms with van der Waals surface area (Å²) in [6.45, 7) is 0. The lowest BCUT2D eigenvalue weighted by atomic mass is 10.3.